The summed E-state index contributed by atoms with van der Waals surface area (Å²) in [7, 11) is 0. The number of thiazole rings is 1. The molecule has 3 rings (SSSR count). The van der Waals surface area contributed by atoms with E-state index in [0.717, 1.165) is 22.3 Å². The molecule has 1 fully saturated rings. The minimum atomic E-state index is -4.42. The lowest BCUT2D eigenvalue weighted by molar-refractivity contribution is -0.140. The van der Waals surface area contributed by atoms with Crippen LogP contribution in [0.2, 0.25) is 0 Å². The smallest absolute Gasteiger partial charge is 0.434 e. The van der Waals surface area contributed by atoms with Gasteiger partial charge in [0.2, 0.25) is 5.88 Å². The first-order valence-corrected chi connectivity index (χ1v) is 9.93. The number of nitrogens with zero attached hydrogens (tertiary/aromatic N) is 3. The van der Waals surface area contributed by atoms with E-state index in [1.165, 1.54) is 12.8 Å². The van der Waals surface area contributed by atoms with E-state index in [-0.39, 0.29) is 30.5 Å². The maximum absolute atomic E-state index is 12.6. The highest BCUT2D eigenvalue weighted by atomic mass is 127. The molecule has 0 unspecified atom stereocenters. The van der Waals surface area contributed by atoms with Gasteiger partial charge < -0.3 is 15.4 Å². The minimum absolute atomic E-state index is 0. The summed E-state index contributed by atoms with van der Waals surface area (Å²) in [6.07, 6.45) is -0.252. The third kappa shape index (κ3) is 7.96. The molecule has 2 N–H and O–H groups in total. The van der Waals surface area contributed by atoms with E-state index in [0.29, 0.717) is 42.5 Å². The molecule has 1 saturated carbocycles. The molecule has 0 saturated heterocycles. The lowest BCUT2D eigenvalue weighted by atomic mass is 10.3. The normalized spacial score (nSPS) is 14.3. The predicted molar refractivity (Wildman–Crippen MR) is 117 cm³/mol. The Hall–Kier alpha value is -1.63. The molecule has 0 aliphatic heterocycles. The number of ether oxygens (including phenoxy) is 1. The van der Waals surface area contributed by atoms with Gasteiger partial charge in [0.15, 0.2) is 11.7 Å². The van der Waals surface area contributed by atoms with Gasteiger partial charge in [0.25, 0.3) is 0 Å². The second kappa shape index (κ2) is 11.0. The zero-order chi connectivity index (χ0) is 20.0. The Labute approximate surface area is 188 Å². The van der Waals surface area contributed by atoms with Crippen LogP contribution in [0.25, 0.3) is 0 Å². The molecule has 160 valence electrons. The lowest BCUT2D eigenvalue weighted by Crippen LogP contribution is -2.36. The number of hydrogen-bond acceptors (Lipinski definition) is 5. The van der Waals surface area contributed by atoms with E-state index < -0.39 is 11.9 Å². The van der Waals surface area contributed by atoms with E-state index in [4.69, 9.17) is 4.74 Å². The Morgan fingerprint density at radius 1 is 1.31 bits per heavy atom. The van der Waals surface area contributed by atoms with Crippen LogP contribution in [0.15, 0.2) is 28.7 Å². The second-order valence-corrected chi connectivity index (χ2v) is 7.37. The largest absolute Gasteiger partial charge is 0.477 e. The van der Waals surface area contributed by atoms with Gasteiger partial charge in [0.1, 0.15) is 5.01 Å². The molecule has 11 heteroatoms. The van der Waals surface area contributed by atoms with Crippen molar-refractivity contribution in [2.45, 2.75) is 39.0 Å². The first-order chi connectivity index (χ1) is 13.4. The Balaban J connectivity index is 0.00000300. The summed E-state index contributed by atoms with van der Waals surface area (Å²) < 4.78 is 43.5. The van der Waals surface area contributed by atoms with E-state index in [1.807, 2.05) is 19.1 Å². The van der Waals surface area contributed by atoms with Gasteiger partial charge in [-0.15, -0.1) is 35.3 Å². The molecule has 0 spiro atoms. The molecular weight excluding hydrogens is 518 g/mol. The van der Waals surface area contributed by atoms with Crippen molar-refractivity contribution in [1.82, 2.24) is 20.6 Å². The van der Waals surface area contributed by atoms with Crippen molar-refractivity contribution in [3.8, 4) is 5.88 Å². The van der Waals surface area contributed by atoms with Crippen molar-refractivity contribution in [2.24, 2.45) is 10.9 Å². The minimum Gasteiger partial charge on any atom is -0.477 e. The van der Waals surface area contributed by atoms with Gasteiger partial charge in [-0.3, -0.25) is 0 Å². The van der Waals surface area contributed by atoms with E-state index in [1.54, 1.807) is 6.20 Å². The van der Waals surface area contributed by atoms with Crippen molar-refractivity contribution in [3.63, 3.8) is 0 Å². The second-order valence-electron chi connectivity index (χ2n) is 6.43. The number of rotatable bonds is 8. The zero-order valence-electron chi connectivity index (χ0n) is 15.8. The molecule has 6 nitrogen and oxygen atoms in total. The van der Waals surface area contributed by atoms with Gasteiger partial charge in [-0.1, -0.05) is 6.07 Å². The van der Waals surface area contributed by atoms with Gasteiger partial charge in [0.05, 0.1) is 19.7 Å². The molecule has 29 heavy (non-hydrogen) atoms. The molecule has 0 radical (unpaired) electrons. The number of halogens is 4. The SMILES string of the molecule is CCNC(=NCc1ccc(OCC2CC2)nc1)NCc1nc(C(F)(F)F)cs1.I. The predicted octanol–water partition coefficient (Wildman–Crippen LogP) is 4.22. The van der Waals surface area contributed by atoms with Crippen LogP contribution in [0.3, 0.4) is 0 Å². The number of aliphatic imine (C=N–C) groups is 1. The summed E-state index contributed by atoms with van der Waals surface area (Å²) in [5, 5.41) is 7.41. The number of aromatic nitrogens is 2. The van der Waals surface area contributed by atoms with Crippen molar-refractivity contribution >= 4 is 41.3 Å². The van der Waals surface area contributed by atoms with Crippen LogP contribution in [0.1, 0.15) is 36.0 Å². The quantitative estimate of drug-likeness (QED) is 0.298. The maximum atomic E-state index is 12.6. The standard InChI is InChI=1S/C18H22F3N5OS.HI/c1-2-22-17(25-9-16-26-14(11-28-16)18(19,20)21)24-8-13-5-6-15(23-7-13)27-10-12-3-4-12;/h5-7,11-12H,2-4,8-10H2,1H3,(H2,22,24,25);1H. The van der Waals surface area contributed by atoms with Crippen LogP contribution >= 0.6 is 35.3 Å². The Morgan fingerprint density at radius 3 is 2.69 bits per heavy atom. The third-order valence-corrected chi connectivity index (χ3v) is 4.82. The van der Waals surface area contributed by atoms with Gasteiger partial charge in [-0.25, -0.2) is 15.0 Å². The number of nitrogens with one attached hydrogen (secondary N) is 2. The van der Waals surface area contributed by atoms with Crippen LogP contribution in [0.4, 0.5) is 13.2 Å². The van der Waals surface area contributed by atoms with Gasteiger partial charge in [-0.05, 0) is 31.2 Å². The van der Waals surface area contributed by atoms with Crippen LogP contribution in [0.5, 0.6) is 5.88 Å². The molecular formula is C18H23F3IN5OS. The van der Waals surface area contributed by atoms with Crippen molar-refractivity contribution < 1.29 is 17.9 Å². The van der Waals surface area contributed by atoms with Crippen LogP contribution in [0, 0.1) is 5.92 Å². The van der Waals surface area contributed by atoms with Crippen LogP contribution in [-0.4, -0.2) is 29.1 Å². The summed E-state index contributed by atoms with van der Waals surface area (Å²) in [5.74, 6) is 1.78. The van der Waals surface area contributed by atoms with Crippen molar-refractivity contribution in [3.05, 3.63) is 40.0 Å². The zero-order valence-corrected chi connectivity index (χ0v) is 19.0. The number of hydrogen-bond donors (Lipinski definition) is 2. The lowest BCUT2D eigenvalue weighted by Gasteiger charge is -2.10. The number of alkyl halides is 3. The maximum Gasteiger partial charge on any atom is 0.434 e. The highest BCUT2D eigenvalue weighted by Crippen LogP contribution is 2.30. The highest BCUT2D eigenvalue weighted by Gasteiger charge is 2.33. The molecule has 1 aliphatic rings. The molecule has 0 atom stereocenters. The molecule has 2 heterocycles. The molecule has 0 aromatic carbocycles. The van der Waals surface area contributed by atoms with E-state index in [9.17, 15) is 13.2 Å². The Kier molecular flexibility index (Phi) is 8.93. The average molecular weight is 541 g/mol. The molecule has 0 amide bonds. The first kappa shape index (κ1) is 23.6. The third-order valence-electron chi connectivity index (χ3n) is 3.97. The summed E-state index contributed by atoms with van der Waals surface area (Å²) in [6, 6.07) is 3.72. The molecule has 0 bridgehead atoms. The van der Waals surface area contributed by atoms with Gasteiger partial charge in [0, 0.05) is 24.2 Å². The summed E-state index contributed by atoms with van der Waals surface area (Å²) in [6.45, 7) is 3.81. The van der Waals surface area contributed by atoms with Crippen molar-refractivity contribution in [2.75, 3.05) is 13.2 Å². The topological polar surface area (TPSA) is 71.4 Å². The number of pyridine rings is 1. The summed E-state index contributed by atoms with van der Waals surface area (Å²) >= 11 is 0.963. The monoisotopic (exact) mass is 541 g/mol. The molecule has 2 aromatic rings. The van der Waals surface area contributed by atoms with Crippen molar-refractivity contribution in [1.29, 1.82) is 0 Å². The highest BCUT2D eigenvalue weighted by molar-refractivity contribution is 14.0. The average Bonchev–Trinajstić information content (AvgIpc) is 3.37. The summed E-state index contributed by atoms with van der Waals surface area (Å²) in [4.78, 5) is 12.3. The fourth-order valence-corrected chi connectivity index (χ4v) is 3.01. The summed E-state index contributed by atoms with van der Waals surface area (Å²) in [5.41, 5.74) is 0.0379. The van der Waals surface area contributed by atoms with Gasteiger partial charge >= 0.3 is 6.18 Å². The van der Waals surface area contributed by atoms with E-state index in [2.05, 4.69) is 25.6 Å². The molecule has 1 aliphatic carbocycles. The van der Waals surface area contributed by atoms with Gasteiger partial charge in [-0.2, -0.15) is 13.2 Å². The van der Waals surface area contributed by atoms with Crippen LogP contribution < -0.4 is 15.4 Å². The Bertz CT molecular complexity index is 794. The fraction of sp³-hybridized carbons (Fsp3) is 0.500. The number of guanidine groups is 1. The Morgan fingerprint density at radius 2 is 2.10 bits per heavy atom. The fourth-order valence-electron chi connectivity index (χ4n) is 2.27. The molecule has 2 aromatic heterocycles. The van der Waals surface area contributed by atoms with E-state index >= 15 is 0 Å². The van der Waals surface area contributed by atoms with Crippen LogP contribution in [-0.2, 0) is 19.3 Å². The first-order valence-electron chi connectivity index (χ1n) is 9.05.